The van der Waals surface area contributed by atoms with Crippen molar-refractivity contribution in [3.8, 4) is 5.75 Å². The number of carbonyl (C=O) groups is 1. The quantitative estimate of drug-likeness (QED) is 0.373. The molecule has 0 aliphatic heterocycles. The average molecular weight is 444 g/mol. The molecule has 2 aromatic heterocycles. The van der Waals surface area contributed by atoms with Crippen molar-refractivity contribution in [2.45, 2.75) is 26.0 Å². The summed E-state index contributed by atoms with van der Waals surface area (Å²) in [5.74, 6) is 1.43. The van der Waals surface area contributed by atoms with Gasteiger partial charge in [0.05, 0.1) is 10.7 Å². The second-order valence-electron chi connectivity index (χ2n) is 6.19. The lowest BCUT2D eigenvalue weighted by atomic mass is 10.1. The van der Waals surface area contributed by atoms with Gasteiger partial charge in [-0.2, -0.15) is 5.10 Å². The second kappa shape index (κ2) is 9.94. The summed E-state index contributed by atoms with van der Waals surface area (Å²) in [7, 11) is 0. The largest absolute Gasteiger partial charge is 0.485 e. The Hall–Kier alpha value is -2.80. The van der Waals surface area contributed by atoms with Gasteiger partial charge in [-0.05, 0) is 52.5 Å². The molecule has 0 unspecified atom stereocenters. The number of hydrogen-bond acceptors (Lipinski definition) is 4. The molecule has 7 heteroatoms. The van der Waals surface area contributed by atoms with Crippen molar-refractivity contribution in [1.82, 2.24) is 15.1 Å². The molecule has 1 aromatic carbocycles. The number of nitrogens with one attached hydrogen (secondary N) is 1. The number of halogens is 1. The molecule has 146 valence electrons. The number of aryl methyl sites for hydroxylation is 1. The molecule has 0 saturated heterocycles. The van der Waals surface area contributed by atoms with E-state index in [2.05, 4.69) is 32.9 Å². The number of nitrogens with zero attached hydrogens (tertiary/aromatic N) is 2. The zero-order valence-corrected chi connectivity index (χ0v) is 17.0. The van der Waals surface area contributed by atoms with Gasteiger partial charge in [-0.3, -0.25) is 9.48 Å². The van der Waals surface area contributed by atoms with Gasteiger partial charge in [-0.25, -0.2) is 0 Å². The SMILES string of the molecule is C=CCc1ccccc1OCc1ccc(C(=O)NCCCn2cc(Br)cn2)o1. The van der Waals surface area contributed by atoms with Crippen molar-refractivity contribution in [3.05, 3.63) is 83.0 Å². The third-order valence-corrected chi connectivity index (χ3v) is 4.45. The molecule has 0 fully saturated rings. The van der Waals surface area contributed by atoms with Crippen LogP contribution in [-0.2, 0) is 19.6 Å². The molecule has 6 nitrogen and oxygen atoms in total. The Morgan fingerprint density at radius 2 is 2.18 bits per heavy atom. The maximum atomic E-state index is 12.2. The molecule has 2 heterocycles. The zero-order valence-electron chi connectivity index (χ0n) is 15.4. The Balaban J connectivity index is 1.45. The van der Waals surface area contributed by atoms with Crippen molar-refractivity contribution < 1.29 is 13.9 Å². The van der Waals surface area contributed by atoms with E-state index in [1.165, 1.54) is 0 Å². The second-order valence-corrected chi connectivity index (χ2v) is 7.10. The van der Waals surface area contributed by atoms with Crippen molar-refractivity contribution in [3.63, 3.8) is 0 Å². The van der Waals surface area contributed by atoms with Crippen LogP contribution in [0.25, 0.3) is 0 Å². The van der Waals surface area contributed by atoms with E-state index in [0.29, 0.717) is 12.3 Å². The van der Waals surface area contributed by atoms with Gasteiger partial charge < -0.3 is 14.5 Å². The van der Waals surface area contributed by atoms with Crippen LogP contribution in [0.5, 0.6) is 5.75 Å². The van der Waals surface area contributed by atoms with Gasteiger partial charge in [-0.15, -0.1) is 6.58 Å². The van der Waals surface area contributed by atoms with E-state index in [9.17, 15) is 4.79 Å². The van der Waals surface area contributed by atoms with Crippen LogP contribution in [0, 0.1) is 0 Å². The highest BCUT2D eigenvalue weighted by molar-refractivity contribution is 9.10. The number of benzene rings is 1. The molecule has 1 N–H and O–H groups in total. The molecule has 3 rings (SSSR count). The molecule has 0 bridgehead atoms. The molecule has 0 radical (unpaired) electrons. The summed E-state index contributed by atoms with van der Waals surface area (Å²) in [5, 5.41) is 7.03. The summed E-state index contributed by atoms with van der Waals surface area (Å²) in [6, 6.07) is 11.2. The zero-order chi connectivity index (χ0) is 19.8. The lowest BCUT2D eigenvalue weighted by molar-refractivity contribution is 0.0920. The fourth-order valence-electron chi connectivity index (χ4n) is 2.69. The van der Waals surface area contributed by atoms with Gasteiger partial charge in [0.25, 0.3) is 5.91 Å². The number of carbonyl (C=O) groups excluding carboxylic acids is 1. The monoisotopic (exact) mass is 443 g/mol. The number of allylic oxidation sites excluding steroid dienone is 1. The Labute approximate surface area is 172 Å². The summed E-state index contributed by atoms with van der Waals surface area (Å²) >= 11 is 3.36. The molecule has 1 amide bonds. The smallest absolute Gasteiger partial charge is 0.286 e. The summed E-state index contributed by atoms with van der Waals surface area (Å²) in [4.78, 5) is 12.2. The van der Waals surface area contributed by atoms with E-state index in [1.807, 2.05) is 41.2 Å². The fraction of sp³-hybridized carbons (Fsp3) is 0.238. The van der Waals surface area contributed by atoms with Crippen LogP contribution in [0.1, 0.15) is 28.3 Å². The van der Waals surface area contributed by atoms with Crippen LogP contribution in [0.2, 0.25) is 0 Å². The molecule has 0 aliphatic carbocycles. The van der Waals surface area contributed by atoms with Crippen LogP contribution in [0.4, 0.5) is 0 Å². The highest BCUT2D eigenvalue weighted by atomic mass is 79.9. The fourth-order valence-corrected chi connectivity index (χ4v) is 3.01. The van der Waals surface area contributed by atoms with Crippen LogP contribution >= 0.6 is 15.9 Å². The van der Waals surface area contributed by atoms with Crippen LogP contribution in [0.3, 0.4) is 0 Å². The molecule has 0 spiro atoms. The minimum absolute atomic E-state index is 0.236. The minimum atomic E-state index is -0.236. The lowest BCUT2D eigenvalue weighted by Crippen LogP contribution is -2.24. The molecule has 3 aromatic rings. The predicted molar refractivity (Wildman–Crippen MR) is 110 cm³/mol. The van der Waals surface area contributed by atoms with E-state index >= 15 is 0 Å². The van der Waals surface area contributed by atoms with Gasteiger partial charge in [0, 0.05) is 19.3 Å². The summed E-state index contributed by atoms with van der Waals surface area (Å²) in [6.07, 6.45) is 6.98. The van der Waals surface area contributed by atoms with Gasteiger partial charge in [0.1, 0.15) is 18.1 Å². The third kappa shape index (κ3) is 5.60. The van der Waals surface area contributed by atoms with Crippen molar-refractivity contribution in [2.75, 3.05) is 6.54 Å². The van der Waals surface area contributed by atoms with E-state index in [4.69, 9.17) is 9.15 Å². The van der Waals surface area contributed by atoms with Crippen molar-refractivity contribution in [1.29, 1.82) is 0 Å². The number of ether oxygens (including phenoxy) is 1. The Morgan fingerprint density at radius 3 is 2.96 bits per heavy atom. The molecule has 0 saturated carbocycles. The first-order chi connectivity index (χ1) is 13.7. The van der Waals surface area contributed by atoms with Gasteiger partial charge >= 0.3 is 0 Å². The Bertz CT molecular complexity index is 932. The summed E-state index contributed by atoms with van der Waals surface area (Å²) in [5.41, 5.74) is 1.06. The normalized spacial score (nSPS) is 10.6. The number of aromatic nitrogens is 2. The number of rotatable bonds is 10. The first-order valence-corrected chi connectivity index (χ1v) is 9.81. The van der Waals surface area contributed by atoms with E-state index in [0.717, 1.165) is 35.2 Å². The maximum absolute atomic E-state index is 12.2. The summed E-state index contributed by atoms with van der Waals surface area (Å²) in [6.45, 7) is 5.29. The first-order valence-electron chi connectivity index (χ1n) is 9.02. The molecular weight excluding hydrogens is 422 g/mol. The first kappa shape index (κ1) is 19.9. The van der Waals surface area contributed by atoms with Crippen LogP contribution < -0.4 is 10.1 Å². The highest BCUT2D eigenvalue weighted by Crippen LogP contribution is 2.20. The molecular formula is C21H22BrN3O3. The van der Waals surface area contributed by atoms with Crippen LogP contribution in [-0.4, -0.2) is 22.2 Å². The molecule has 28 heavy (non-hydrogen) atoms. The van der Waals surface area contributed by atoms with E-state index in [1.54, 1.807) is 18.3 Å². The van der Waals surface area contributed by atoms with Crippen molar-refractivity contribution >= 4 is 21.8 Å². The number of para-hydroxylation sites is 1. The van der Waals surface area contributed by atoms with E-state index < -0.39 is 0 Å². The summed E-state index contributed by atoms with van der Waals surface area (Å²) < 4.78 is 14.2. The van der Waals surface area contributed by atoms with Crippen molar-refractivity contribution in [2.24, 2.45) is 0 Å². The number of amides is 1. The minimum Gasteiger partial charge on any atom is -0.485 e. The van der Waals surface area contributed by atoms with Crippen LogP contribution in [0.15, 0.2) is 70.3 Å². The highest BCUT2D eigenvalue weighted by Gasteiger charge is 2.11. The Kier molecular flexibility index (Phi) is 7.08. The molecule has 0 atom stereocenters. The molecule has 0 aliphatic rings. The number of hydrogen-bond donors (Lipinski definition) is 1. The number of furan rings is 1. The standard InChI is InChI=1S/C21H22BrN3O3/c1-2-6-16-7-3-4-8-19(16)27-15-18-9-10-20(28-18)21(26)23-11-5-12-25-14-17(22)13-24-25/h2-4,7-10,13-14H,1,5-6,11-12,15H2,(H,23,26). The predicted octanol–water partition coefficient (Wildman–Crippen LogP) is 4.37. The lowest BCUT2D eigenvalue weighted by Gasteiger charge is -2.09. The Morgan fingerprint density at radius 1 is 1.32 bits per heavy atom. The topological polar surface area (TPSA) is 69.3 Å². The van der Waals surface area contributed by atoms with Gasteiger partial charge in [-0.1, -0.05) is 24.3 Å². The van der Waals surface area contributed by atoms with Gasteiger partial charge in [0.2, 0.25) is 0 Å². The van der Waals surface area contributed by atoms with Gasteiger partial charge in [0.15, 0.2) is 5.76 Å². The van der Waals surface area contributed by atoms with E-state index in [-0.39, 0.29) is 18.3 Å². The maximum Gasteiger partial charge on any atom is 0.286 e. The average Bonchev–Trinajstić information content (AvgIpc) is 3.34. The third-order valence-electron chi connectivity index (χ3n) is 4.04.